The van der Waals surface area contributed by atoms with Crippen LogP contribution >= 0.6 is 11.3 Å². The van der Waals surface area contributed by atoms with Gasteiger partial charge in [0.2, 0.25) is 0 Å². The highest BCUT2D eigenvalue weighted by molar-refractivity contribution is 7.26. The van der Waals surface area contributed by atoms with Crippen LogP contribution in [0.4, 0.5) is 0 Å². The van der Waals surface area contributed by atoms with Crippen LogP contribution in [0.2, 0.25) is 0 Å². The molecule has 6 aromatic carbocycles. The van der Waals surface area contributed by atoms with Crippen LogP contribution in [0.5, 0.6) is 0 Å². The molecule has 3 aromatic heterocycles. The van der Waals surface area contributed by atoms with Crippen LogP contribution in [-0.4, -0.2) is 19.9 Å². The summed E-state index contributed by atoms with van der Waals surface area (Å²) >= 11 is 1.82. The standard InChI is InChI=1S/C45H30N4S/c1-45(2)35-19-11-9-17-31(35)32-23-21-30(26-36(32)45)44-48-42(28-15-7-4-8-16-28)47-43(49-44)29-22-24-38-34(25-29)39-40(27-13-5-3-6-14-27)46-37-20-12-10-18-33(37)41(39)50-38/h3-26H,1-2H3. The molecule has 50 heavy (non-hydrogen) atoms. The Morgan fingerprint density at radius 1 is 0.460 bits per heavy atom. The van der Waals surface area contributed by atoms with Gasteiger partial charge in [0.25, 0.3) is 0 Å². The van der Waals surface area contributed by atoms with Crippen LogP contribution in [0.3, 0.4) is 0 Å². The van der Waals surface area contributed by atoms with E-state index in [0.717, 1.165) is 44.2 Å². The van der Waals surface area contributed by atoms with E-state index in [1.165, 1.54) is 37.0 Å². The fourth-order valence-electron chi connectivity index (χ4n) is 7.60. The molecule has 0 N–H and O–H groups in total. The van der Waals surface area contributed by atoms with Gasteiger partial charge in [0.15, 0.2) is 17.5 Å². The highest BCUT2D eigenvalue weighted by Gasteiger charge is 2.35. The number of hydrogen-bond acceptors (Lipinski definition) is 5. The van der Waals surface area contributed by atoms with Gasteiger partial charge in [0.1, 0.15) is 0 Å². The maximum atomic E-state index is 5.23. The van der Waals surface area contributed by atoms with Gasteiger partial charge in [0, 0.05) is 53.2 Å². The zero-order valence-corrected chi connectivity index (χ0v) is 28.4. The normalized spacial score (nSPS) is 13.2. The van der Waals surface area contributed by atoms with E-state index in [9.17, 15) is 0 Å². The highest BCUT2D eigenvalue weighted by atomic mass is 32.1. The largest absolute Gasteiger partial charge is 0.247 e. The van der Waals surface area contributed by atoms with Crippen LogP contribution < -0.4 is 0 Å². The molecular formula is C45H30N4S. The molecule has 1 aliphatic carbocycles. The van der Waals surface area contributed by atoms with Crippen LogP contribution in [-0.2, 0) is 5.41 Å². The van der Waals surface area contributed by atoms with Crippen molar-refractivity contribution in [1.29, 1.82) is 0 Å². The SMILES string of the molecule is CC1(C)c2ccccc2-c2ccc(-c3nc(-c4ccccc4)nc(-c4ccc5sc6c7ccccc7nc(-c7ccccc7)c6c5c4)n3)cc21. The molecule has 236 valence electrons. The number of hydrogen-bond donors (Lipinski definition) is 0. The van der Waals surface area contributed by atoms with Crippen LogP contribution in [0, 0.1) is 0 Å². The molecule has 0 saturated heterocycles. The summed E-state index contributed by atoms with van der Waals surface area (Å²) < 4.78 is 2.45. The van der Waals surface area contributed by atoms with Crippen molar-refractivity contribution in [3.8, 4) is 56.5 Å². The van der Waals surface area contributed by atoms with Gasteiger partial charge in [-0.1, -0.05) is 129 Å². The van der Waals surface area contributed by atoms with E-state index in [1.54, 1.807) is 0 Å². The second kappa shape index (κ2) is 11.0. The van der Waals surface area contributed by atoms with Gasteiger partial charge in [-0.3, -0.25) is 0 Å². The molecule has 4 nitrogen and oxygen atoms in total. The van der Waals surface area contributed by atoms with Crippen molar-refractivity contribution < 1.29 is 0 Å². The first-order chi connectivity index (χ1) is 24.5. The Balaban J connectivity index is 1.19. The van der Waals surface area contributed by atoms with E-state index in [1.807, 2.05) is 29.5 Å². The lowest BCUT2D eigenvalue weighted by Crippen LogP contribution is -2.15. The van der Waals surface area contributed by atoms with Gasteiger partial charge < -0.3 is 0 Å². The molecule has 0 saturated carbocycles. The fourth-order valence-corrected chi connectivity index (χ4v) is 8.82. The average Bonchev–Trinajstić information content (AvgIpc) is 3.67. The monoisotopic (exact) mass is 658 g/mol. The van der Waals surface area contributed by atoms with E-state index in [-0.39, 0.29) is 5.41 Å². The summed E-state index contributed by atoms with van der Waals surface area (Å²) in [6.45, 7) is 4.61. The first-order valence-electron chi connectivity index (χ1n) is 16.9. The molecule has 0 radical (unpaired) electrons. The van der Waals surface area contributed by atoms with E-state index < -0.39 is 0 Å². The number of nitrogens with zero attached hydrogens (tertiary/aromatic N) is 4. The van der Waals surface area contributed by atoms with Crippen molar-refractivity contribution in [1.82, 2.24) is 19.9 Å². The number of benzene rings is 6. The predicted molar refractivity (Wildman–Crippen MR) is 207 cm³/mol. The van der Waals surface area contributed by atoms with Crippen molar-refractivity contribution in [3.63, 3.8) is 0 Å². The lowest BCUT2D eigenvalue weighted by Gasteiger charge is -2.21. The van der Waals surface area contributed by atoms with E-state index in [0.29, 0.717) is 17.5 Å². The van der Waals surface area contributed by atoms with Gasteiger partial charge in [-0.15, -0.1) is 11.3 Å². The van der Waals surface area contributed by atoms with Crippen LogP contribution in [0.25, 0.3) is 87.6 Å². The Labute approximate surface area is 293 Å². The Morgan fingerprint density at radius 3 is 1.84 bits per heavy atom. The maximum Gasteiger partial charge on any atom is 0.164 e. The second-order valence-electron chi connectivity index (χ2n) is 13.5. The third-order valence-electron chi connectivity index (χ3n) is 10.1. The summed E-state index contributed by atoms with van der Waals surface area (Å²) in [5.41, 5.74) is 11.1. The number of pyridine rings is 1. The predicted octanol–water partition coefficient (Wildman–Crippen LogP) is 11.8. The van der Waals surface area contributed by atoms with Crippen molar-refractivity contribution in [2.75, 3.05) is 0 Å². The van der Waals surface area contributed by atoms with Crippen molar-refractivity contribution in [3.05, 3.63) is 157 Å². The maximum absolute atomic E-state index is 5.23. The Bertz CT molecular complexity index is 2780. The summed E-state index contributed by atoms with van der Waals surface area (Å²) in [6.07, 6.45) is 0. The first kappa shape index (κ1) is 28.9. The quantitative estimate of drug-likeness (QED) is 0.189. The molecule has 0 fully saturated rings. The number of rotatable bonds is 4. The van der Waals surface area contributed by atoms with Gasteiger partial charge in [-0.25, -0.2) is 19.9 Å². The first-order valence-corrected chi connectivity index (χ1v) is 17.7. The molecule has 5 heteroatoms. The van der Waals surface area contributed by atoms with Crippen molar-refractivity contribution in [2.45, 2.75) is 19.3 Å². The molecule has 3 heterocycles. The number of aromatic nitrogens is 4. The van der Waals surface area contributed by atoms with Gasteiger partial charge in [-0.05, 0) is 52.6 Å². The Hall–Kier alpha value is -6.04. The summed E-state index contributed by atoms with van der Waals surface area (Å²) in [7, 11) is 0. The van der Waals surface area contributed by atoms with Crippen LogP contribution in [0.1, 0.15) is 25.0 Å². The molecule has 0 amide bonds. The summed E-state index contributed by atoms with van der Waals surface area (Å²) in [6, 6.07) is 51.1. The minimum Gasteiger partial charge on any atom is -0.247 e. The number of thiophene rings is 1. The number of para-hydroxylation sites is 1. The second-order valence-corrected chi connectivity index (χ2v) is 14.5. The van der Waals surface area contributed by atoms with E-state index >= 15 is 0 Å². The minimum absolute atomic E-state index is 0.125. The van der Waals surface area contributed by atoms with Crippen LogP contribution in [0.15, 0.2) is 146 Å². The molecule has 0 bridgehead atoms. The van der Waals surface area contributed by atoms with Gasteiger partial charge in [0.05, 0.1) is 11.2 Å². The molecule has 0 unspecified atom stereocenters. The summed E-state index contributed by atoms with van der Waals surface area (Å²) in [5.74, 6) is 1.96. The zero-order chi connectivity index (χ0) is 33.4. The van der Waals surface area contributed by atoms with E-state index in [2.05, 4.69) is 141 Å². The number of fused-ring (bicyclic) bond motifs is 8. The lowest BCUT2D eigenvalue weighted by atomic mass is 9.82. The fraction of sp³-hybridized carbons (Fsp3) is 0.0667. The highest BCUT2D eigenvalue weighted by Crippen LogP contribution is 2.49. The average molecular weight is 659 g/mol. The minimum atomic E-state index is -0.125. The van der Waals surface area contributed by atoms with Crippen molar-refractivity contribution >= 4 is 42.4 Å². The van der Waals surface area contributed by atoms with E-state index in [4.69, 9.17) is 19.9 Å². The lowest BCUT2D eigenvalue weighted by molar-refractivity contribution is 0.660. The van der Waals surface area contributed by atoms with Crippen molar-refractivity contribution in [2.24, 2.45) is 0 Å². The molecule has 0 atom stereocenters. The molecule has 9 aromatic rings. The molecule has 0 spiro atoms. The zero-order valence-electron chi connectivity index (χ0n) is 27.6. The molecule has 0 aliphatic heterocycles. The summed E-state index contributed by atoms with van der Waals surface area (Å²) in [4.78, 5) is 20.6. The van der Waals surface area contributed by atoms with Gasteiger partial charge in [-0.2, -0.15) is 0 Å². The Kier molecular flexibility index (Phi) is 6.36. The van der Waals surface area contributed by atoms with Gasteiger partial charge >= 0.3 is 0 Å². The molecular weight excluding hydrogens is 629 g/mol. The molecule has 10 rings (SSSR count). The smallest absolute Gasteiger partial charge is 0.164 e. The summed E-state index contributed by atoms with van der Waals surface area (Å²) in [5, 5.41) is 3.48. The third-order valence-corrected chi connectivity index (χ3v) is 11.3. The molecule has 1 aliphatic rings. The topological polar surface area (TPSA) is 51.6 Å². The third kappa shape index (κ3) is 4.44. The Morgan fingerprint density at radius 2 is 1.06 bits per heavy atom.